The van der Waals surface area contributed by atoms with E-state index in [0.717, 1.165) is 9.80 Å². The zero-order valence-electron chi connectivity index (χ0n) is 11.9. The molecule has 1 aromatic rings. The van der Waals surface area contributed by atoms with Crippen molar-refractivity contribution in [1.29, 1.82) is 0 Å². The molecule has 0 saturated carbocycles. The van der Waals surface area contributed by atoms with E-state index in [9.17, 15) is 19.2 Å². The van der Waals surface area contributed by atoms with Crippen LogP contribution in [0.25, 0.3) is 0 Å². The lowest BCUT2D eigenvalue weighted by molar-refractivity contribution is -0.157. The molecule has 0 N–H and O–H groups in total. The number of rotatable bonds is 2. The smallest absolute Gasteiger partial charge is 0.260 e. The maximum atomic E-state index is 12.2. The van der Waals surface area contributed by atoms with Crippen LogP contribution < -0.4 is 0 Å². The third-order valence-electron chi connectivity index (χ3n) is 3.21. The Balaban J connectivity index is 2.16. The van der Waals surface area contributed by atoms with Gasteiger partial charge in [-0.3, -0.25) is 29.0 Å². The predicted molar refractivity (Wildman–Crippen MR) is 74.0 cm³/mol. The summed E-state index contributed by atoms with van der Waals surface area (Å²) < 4.78 is 0. The summed E-state index contributed by atoms with van der Waals surface area (Å²) in [6.07, 6.45) is 0. The van der Waals surface area contributed by atoms with Gasteiger partial charge in [0.05, 0.1) is 0 Å². The van der Waals surface area contributed by atoms with Gasteiger partial charge in [-0.25, -0.2) is 0 Å². The van der Waals surface area contributed by atoms with Gasteiger partial charge in [0.1, 0.15) is 13.1 Å². The van der Waals surface area contributed by atoms with Gasteiger partial charge in [-0.15, -0.1) is 0 Å². The van der Waals surface area contributed by atoms with Gasteiger partial charge in [0.2, 0.25) is 17.7 Å². The minimum Gasteiger partial charge on any atom is -0.274 e. The van der Waals surface area contributed by atoms with E-state index < -0.39 is 30.2 Å². The van der Waals surface area contributed by atoms with Gasteiger partial charge < -0.3 is 0 Å². The topological polar surface area (TPSA) is 74.8 Å². The van der Waals surface area contributed by atoms with Gasteiger partial charge in [0.15, 0.2) is 0 Å². The predicted octanol–water partition coefficient (Wildman–Crippen LogP) is 0.680. The van der Waals surface area contributed by atoms with Crippen molar-refractivity contribution in [1.82, 2.24) is 9.80 Å². The highest BCUT2D eigenvalue weighted by molar-refractivity contribution is 6.12. The number of carbonyl (C=O) groups excluding carboxylic acids is 4. The average Bonchev–Trinajstić information content (AvgIpc) is 2.48. The molecule has 1 aromatic carbocycles. The minimum absolute atomic E-state index is 0.335. The van der Waals surface area contributed by atoms with E-state index in [1.165, 1.54) is 0 Å². The van der Waals surface area contributed by atoms with Crippen LogP contribution in [0.3, 0.4) is 0 Å². The van der Waals surface area contributed by atoms with E-state index in [4.69, 9.17) is 0 Å². The molecular formula is C15H16N2O4. The van der Waals surface area contributed by atoms with Crippen LogP contribution in [-0.2, 0) is 14.4 Å². The van der Waals surface area contributed by atoms with E-state index in [1.807, 2.05) is 0 Å². The number of nitrogens with zero attached hydrogens (tertiary/aromatic N) is 2. The second-order valence-electron chi connectivity index (χ2n) is 5.12. The van der Waals surface area contributed by atoms with E-state index in [0.29, 0.717) is 5.56 Å². The maximum Gasteiger partial charge on any atom is 0.260 e. The summed E-state index contributed by atoms with van der Waals surface area (Å²) >= 11 is 0. The highest BCUT2D eigenvalue weighted by Crippen LogP contribution is 2.13. The zero-order valence-corrected chi connectivity index (χ0v) is 11.9. The lowest BCUT2D eigenvalue weighted by atomic mass is 10.1. The van der Waals surface area contributed by atoms with Gasteiger partial charge in [0, 0.05) is 11.5 Å². The highest BCUT2D eigenvalue weighted by Gasteiger charge is 2.37. The fourth-order valence-electron chi connectivity index (χ4n) is 2.05. The highest BCUT2D eigenvalue weighted by atomic mass is 16.2. The molecule has 1 heterocycles. The van der Waals surface area contributed by atoms with Crippen LogP contribution in [0.4, 0.5) is 0 Å². The summed E-state index contributed by atoms with van der Waals surface area (Å²) in [4.78, 5) is 49.9. The summed E-state index contributed by atoms with van der Waals surface area (Å²) in [5.41, 5.74) is 0.335. The van der Waals surface area contributed by atoms with Gasteiger partial charge in [-0.1, -0.05) is 32.0 Å². The summed E-state index contributed by atoms with van der Waals surface area (Å²) in [6.45, 7) is 2.53. The van der Waals surface area contributed by atoms with Crippen molar-refractivity contribution < 1.29 is 19.2 Å². The van der Waals surface area contributed by atoms with Gasteiger partial charge >= 0.3 is 0 Å². The van der Waals surface area contributed by atoms with Crippen molar-refractivity contribution in [2.75, 3.05) is 13.1 Å². The second kappa shape index (κ2) is 5.87. The van der Waals surface area contributed by atoms with Crippen LogP contribution >= 0.6 is 0 Å². The van der Waals surface area contributed by atoms with Crippen molar-refractivity contribution in [2.24, 2.45) is 5.92 Å². The first-order valence-electron chi connectivity index (χ1n) is 6.65. The Kier molecular flexibility index (Phi) is 4.16. The number of amides is 4. The number of benzene rings is 1. The molecule has 4 amide bonds. The molecule has 1 saturated heterocycles. The zero-order chi connectivity index (χ0) is 15.6. The van der Waals surface area contributed by atoms with Crippen LogP contribution in [0.5, 0.6) is 0 Å². The van der Waals surface area contributed by atoms with Crippen molar-refractivity contribution in [2.45, 2.75) is 13.8 Å². The Bertz CT molecular complexity index is 595. The molecule has 0 spiro atoms. The molecule has 0 aromatic heterocycles. The molecule has 0 unspecified atom stereocenters. The van der Waals surface area contributed by atoms with Crippen LogP contribution in [-0.4, -0.2) is 46.5 Å². The Labute approximate surface area is 122 Å². The first-order valence-corrected chi connectivity index (χ1v) is 6.65. The summed E-state index contributed by atoms with van der Waals surface area (Å²) in [6, 6.07) is 8.26. The van der Waals surface area contributed by atoms with Crippen LogP contribution in [0, 0.1) is 5.92 Å². The van der Waals surface area contributed by atoms with E-state index in [1.54, 1.807) is 44.2 Å². The largest absolute Gasteiger partial charge is 0.274 e. The molecule has 6 nitrogen and oxygen atoms in total. The third kappa shape index (κ3) is 2.99. The summed E-state index contributed by atoms with van der Waals surface area (Å²) in [5.74, 6) is -2.38. The van der Waals surface area contributed by atoms with Gasteiger partial charge in [0.25, 0.3) is 5.91 Å². The van der Waals surface area contributed by atoms with Gasteiger partial charge in [-0.05, 0) is 12.1 Å². The molecule has 110 valence electrons. The summed E-state index contributed by atoms with van der Waals surface area (Å²) in [7, 11) is 0. The van der Waals surface area contributed by atoms with Crippen molar-refractivity contribution in [3.05, 3.63) is 35.9 Å². The number of hydrogen-bond acceptors (Lipinski definition) is 4. The molecule has 0 radical (unpaired) electrons. The third-order valence-corrected chi connectivity index (χ3v) is 3.21. The number of imide groups is 2. The van der Waals surface area contributed by atoms with Crippen LogP contribution in [0.1, 0.15) is 24.2 Å². The Morgan fingerprint density at radius 1 is 0.952 bits per heavy atom. The molecule has 1 aliphatic heterocycles. The average molecular weight is 288 g/mol. The normalized spacial score (nSPS) is 15.6. The maximum absolute atomic E-state index is 12.2. The Morgan fingerprint density at radius 2 is 1.48 bits per heavy atom. The molecule has 0 atom stereocenters. The first-order chi connectivity index (χ1) is 9.91. The number of hydrogen-bond donors (Lipinski definition) is 0. The fourth-order valence-corrected chi connectivity index (χ4v) is 2.05. The molecule has 0 aliphatic carbocycles. The first kappa shape index (κ1) is 14.9. The standard InChI is InChI=1S/C15H16N2O4/c1-10(2)14(20)16-8-13(19)17(9-12(16)18)15(21)11-6-4-3-5-7-11/h3-7,10H,8-9H2,1-2H3. The Morgan fingerprint density at radius 3 is 2.05 bits per heavy atom. The van der Waals surface area contributed by atoms with E-state index >= 15 is 0 Å². The molecular weight excluding hydrogens is 272 g/mol. The molecule has 6 heteroatoms. The van der Waals surface area contributed by atoms with E-state index in [-0.39, 0.29) is 12.5 Å². The number of piperazine rings is 1. The monoisotopic (exact) mass is 288 g/mol. The van der Waals surface area contributed by atoms with Crippen LogP contribution in [0.2, 0.25) is 0 Å². The minimum atomic E-state index is -0.544. The Hall–Kier alpha value is -2.50. The SMILES string of the molecule is CC(C)C(=O)N1CC(=O)N(C(=O)c2ccccc2)CC1=O. The number of carbonyl (C=O) groups is 4. The summed E-state index contributed by atoms with van der Waals surface area (Å²) in [5, 5.41) is 0. The van der Waals surface area contributed by atoms with Crippen molar-refractivity contribution in [3.8, 4) is 0 Å². The lowest BCUT2D eigenvalue weighted by Crippen LogP contribution is -2.57. The molecule has 1 aliphatic rings. The quantitative estimate of drug-likeness (QED) is 0.750. The van der Waals surface area contributed by atoms with E-state index in [2.05, 4.69) is 0 Å². The molecule has 21 heavy (non-hydrogen) atoms. The molecule has 0 bridgehead atoms. The molecule has 1 fully saturated rings. The van der Waals surface area contributed by atoms with Crippen LogP contribution in [0.15, 0.2) is 30.3 Å². The lowest BCUT2D eigenvalue weighted by Gasteiger charge is -2.32. The second-order valence-corrected chi connectivity index (χ2v) is 5.12. The van der Waals surface area contributed by atoms with Crippen molar-refractivity contribution >= 4 is 23.6 Å². The fraction of sp³-hybridized carbons (Fsp3) is 0.333. The van der Waals surface area contributed by atoms with Crippen molar-refractivity contribution in [3.63, 3.8) is 0 Å². The van der Waals surface area contributed by atoms with Gasteiger partial charge in [-0.2, -0.15) is 0 Å². The molecule has 2 rings (SSSR count).